The van der Waals surface area contributed by atoms with Crippen LogP contribution in [0.2, 0.25) is 0 Å². The number of para-hydroxylation sites is 3. The topological polar surface area (TPSA) is 108 Å². The number of amides is 1. The lowest BCUT2D eigenvalue weighted by Crippen LogP contribution is -2.16. The smallest absolute Gasteiger partial charge is 0.292 e. The van der Waals surface area contributed by atoms with Gasteiger partial charge in [0.2, 0.25) is 0 Å². The molecule has 0 bridgehead atoms. The van der Waals surface area contributed by atoms with Crippen molar-refractivity contribution < 1.29 is 9.72 Å². The summed E-state index contributed by atoms with van der Waals surface area (Å²) in [6.07, 6.45) is 1.90. The fourth-order valence-corrected chi connectivity index (χ4v) is 2.44. The summed E-state index contributed by atoms with van der Waals surface area (Å²) in [6.45, 7) is 3.84. The van der Waals surface area contributed by atoms with Gasteiger partial charge in [0.1, 0.15) is 17.3 Å². The molecule has 7 heteroatoms. The molecule has 0 aromatic heterocycles. The highest BCUT2D eigenvalue weighted by Gasteiger charge is 2.15. The van der Waals surface area contributed by atoms with E-state index in [1.165, 1.54) is 24.4 Å². The van der Waals surface area contributed by atoms with Crippen molar-refractivity contribution in [2.75, 3.05) is 10.6 Å². The lowest BCUT2D eigenvalue weighted by atomic mass is 10.1. The highest BCUT2D eigenvalue weighted by molar-refractivity contribution is 6.07. The van der Waals surface area contributed by atoms with Crippen LogP contribution in [0.4, 0.5) is 17.1 Å². The first kappa shape index (κ1) is 18.7. The van der Waals surface area contributed by atoms with Crippen LogP contribution in [0.3, 0.4) is 0 Å². The molecule has 26 heavy (non-hydrogen) atoms. The standard InChI is InChI=1S/C19H18N4O3/c1-3-14-8-6-7-13(2)18(14)22-19(24)15(11-20)12-21-16-9-4-5-10-17(16)23(25)26/h4-10,12,21H,3H2,1-2H3,(H,22,24)/b15-12-. The van der Waals surface area contributed by atoms with E-state index in [0.29, 0.717) is 5.69 Å². The molecule has 0 aliphatic carbocycles. The fourth-order valence-electron chi connectivity index (χ4n) is 2.44. The van der Waals surface area contributed by atoms with Crippen molar-refractivity contribution in [3.8, 4) is 6.07 Å². The summed E-state index contributed by atoms with van der Waals surface area (Å²) in [4.78, 5) is 22.9. The molecule has 0 fully saturated rings. The maximum atomic E-state index is 12.4. The molecular formula is C19H18N4O3. The summed E-state index contributed by atoms with van der Waals surface area (Å²) in [7, 11) is 0. The number of nitrogens with one attached hydrogen (secondary N) is 2. The summed E-state index contributed by atoms with van der Waals surface area (Å²) in [5.74, 6) is -0.581. The van der Waals surface area contributed by atoms with Gasteiger partial charge in [-0.05, 0) is 30.5 Å². The van der Waals surface area contributed by atoms with E-state index in [4.69, 9.17) is 0 Å². The zero-order chi connectivity index (χ0) is 19.1. The molecule has 0 aliphatic rings. The molecule has 0 radical (unpaired) electrons. The Morgan fingerprint density at radius 3 is 2.65 bits per heavy atom. The van der Waals surface area contributed by atoms with Crippen molar-refractivity contribution in [3.05, 3.63) is 75.5 Å². The van der Waals surface area contributed by atoms with E-state index in [0.717, 1.165) is 17.5 Å². The van der Waals surface area contributed by atoms with Gasteiger partial charge >= 0.3 is 0 Å². The second-order valence-corrected chi connectivity index (χ2v) is 5.51. The van der Waals surface area contributed by atoms with Crippen molar-refractivity contribution in [1.82, 2.24) is 0 Å². The lowest BCUT2D eigenvalue weighted by Gasteiger charge is -2.12. The molecule has 0 saturated carbocycles. The summed E-state index contributed by atoms with van der Waals surface area (Å²) in [6, 6.07) is 13.5. The number of nitriles is 1. The summed E-state index contributed by atoms with van der Waals surface area (Å²) in [5, 5.41) is 25.7. The predicted molar refractivity (Wildman–Crippen MR) is 99.6 cm³/mol. The number of nitro groups is 1. The van der Waals surface area contributed by atoms with E-state index in [2.05, 4.69) is 10.6 Å². The molecule has 7 nitrogen and oxygen atoms in total. The number of nitrogens with zero attached hydrogens (tertiary/aromatic N) is 2. The minimum atomic E-state index is -0.581. The minimum absolute atomic E-state index is 0.145. The molecule has 1 amide bonds. The van der Waals surface area contributed by atoms with E-state index >= 15 is 0 Å². The molecule has 2 N–H and O–H groups in total. The SMILES string of the molecule is CCc1cccc(C)c1NC(=O)/C(C#N)=C\Nc1ccccc1[N+](=O)[O-]. The Labute approximate surface area is 151 Å². The summed E-state index contributed by atoms with van der Waals surface area (Å²) < 4.78 is 0. The van der Waals surface area contributed by atoms with Gasteiger partial charge in [0, 0.05) is 18.0 Å². The van der Waals surface area contributed by atoms with Gasteiger partial charge in [-0.3, -0.25) is 14.9 Å². The van der Waals surface area contributed by atoms with Crippen LogP contribution < -0.4 is 10.6 Å². The van der Waals surface area contributed by atoms with Crippen molar-refractivity contribution >= 4 is 23.0 Å². The van der Waals surface area contributed by atoms with E-state index in [-0.39, 0.29) is 16.9 Å². The number of nitro benzene ring substituents is 1. The molecule has 2 rings (SSSR count). The Morgan fingerprint density at radius 2 is 2.00 bits per heavy atom. The number of aryl methyl sites for hydroxylation is 2. The number of rotatable bonds is 6. The highest BCUT2D eigenvalue weighted by atomic mass is 16.6. The van der Waals surface area contributed by atoms with Crippen molar-refractivity contribution in [2.24, 2.45) is 0 Å². The first-order valence-corrected chi connectivity index (χ1v) is 7.98. The Morgan fingerprint density at radius 1 is 1.27 bits per heavy atom. The summed E-state index contributed by atoms with van der Waals surface area (Å²) in [5.41, 5.74) is 2.39. The van der Waals surface area contributed by atoms with Crippen LogP contribution in [0.15, 0.2) is 54.2 Å². The van der Waals surface area contributed by atoms with E-state index in [1.54, 1.807) is 6.07 Å². The third kappa shape index (κ3) is 4.24. The van der Waals surface area contributed by atoms with Crippen LogP contribution in [0.1, 0.15) is 18.1 Å². The van der Waals surface area contributed by atoms with Crippen molar-refractivity contribution in [1.29, 1.82) is 5.26 Å². The van der Waals surface area contributed by atoms with Crippen LogP contribution in [0.25, 0.3) is 0 Å². The van der Waals surface area contributed by atoms with Crippen LogP contribution in [-0.2, 0) is 11.2 Å². The number of anilines is 2. The quantitative estimate of drug-likeness (QED) is 0.355. The van der Waals surface area contributed by atoms with Crippen LogP contribution in [-0.4, -0.2) is 10.8 Å². The first-order valence-electron chi connectivity index (χ1n) is 7.98. The Hall–Kier alpha value is -3.66. The normalized spacial score (nSPS) is 10.7. The molecule has 0 aliphatic heterocycles. The van der Waals surface area contributed by atoms with Crippen LogP contribution in [0, 0.1) is 28.4 Å². The number of hydrogen-bond donors (Lipinski definition) is 2. The van der Waals surface area contributed by atoms with E-state index in [9.17, 15) is 20.2 Å². The molecule has 0 spiro atoms. The first-order chi connectivity index (χ1) is 12.5. The molecule has 0 heterocycles. The van der Waals surface area contributed by atoms with Gasteiger partial charge in [0.25, 0.3) is 11.6 Å². The van der Waals surface area contributed by atoms with E-state index in [1.807, 2.05) is 38.1 Å². The number of carbonyl (C=O) groups is 1. The van der Waals surface area contributed by atoms with Gasteiger partial charge in [-0.1, -0.05) is 37.3 Å². The molecule has 132 valence electrons. The molecule has 0 atom stereocenters. The second-order valence-electron chi connectivity index (χ2n) is 5.51. The maximum absolute atomic E-state index is 12.4. The molecule has 0 unspecified atom stereocenters. The average Bonchev–Trinajstić information content (AvgIpc) is 2.64. The van der Waals surface area contributed by atoms with Gasteiger partial charge in [-0.2, -0.15) is 5.26 Å². The second kappa shape index (κ2) is 8.44. The Balaban J connectivity index is 2.24. The third-order valence-corrected chi connectivity index (χ3v) is 3.82. The van der Waals surface area contributed by atoms with Gasteiger partial charge < -0.3 is 10.6 Å². The van der Waals surface area contributed by atoms with E-state index < -0.39 is 10.8 Å². The third-order valence-electron chi connectivity index (χ3n) is 3.82. The monoisotopic (exact) mass is 350 g/mol. The maximum Gasteiger partial charge on any atom is 0.292 e. The highest BCUT2D eigenvalue weighted by Crippen LogP contribution is 2.24. The zero-order valence-electron chi connectivity index (χ0n) is 14.4. The fraction of sp³-hybridized carbons (Fsp3) is 0.158. The number of hydrogen-bond acceptors (Lipinski definition) is 5. The molecule has 0 saturated heterocycles. The average molecular weight is 350 g/mol. The van der Waals surface area contributed by atoms with Crippen LogP contribution in [0.5, 0.6) is 0 Å². The Bertz CT molecular complexity index is 913. The predicted octanol–water partition coefficient (Wildman–Crippen LogP) is 3.92. The molecule has 2 aromatic rings. The van der Waals surface area contributed by atoms with Gasteiger partial charge in [0.15, 0.2) is 0 Å². The van der Waals surface area contributed by atoms with Crippen molar-refractivity contribution in [2.45, 2.75) is 20.3 Å². The summed E-state index contributed by atoms with van der Waals surface area (Å²) >= 11 is 0. The van der Waals surface area contributed by atoms with Gasteiger partial charge in [-0.25, -0.2) is 0 Å². The van der Waals surface area contributed by atoms with Crippen LogP contribution >= 0.6 is 0 Å². The number of carbonyl (C=O) groups excluding carboxylic acids is 1. The zero-order valence-corrected chi connectivity index (χ0v) is 14.4. The molecule has 2 aromatic carbocycles. The largest absolute Gasteiger partial charge is 0.355 e. The minimum Gasteiger partial charge on any atom is -0.355 e. The van der Waals surface area contributed by atoms with Gasteiger partial charge in [0.05, 0.1) is 4.92 Å². The lowest BCUT2D eigenvalue weighted by molar-refractivity contribution is -0.383. The van der Waals surface area contributed by atoms with Crippen molar-refractivity contribution in [3.63, 3.8) is 0 Å². The number of benzene rings is 2. The molecular weight excluding hydrogens is 332 g/mol. The Kier molecular flexibility index (Phi) is 6.06. The van der Waals surface area contributed by atoms with Gasteiger partial charge in [-0.15, -0.1) is 0 Å².